The topological polar surface area (TPSA) is 38.3 Å². The molecule has 0 aliphatic carbocycles. The van der Waals surface area contributed by atoms with Crippen molar-refractivity contribution in [3.05, 3.63) is 57.0 Å². The summed E-state index contributed by atoms with van der Waals surface area (Å²) in [6, 6.07) is 11.1. The predicted octanol–water partition coefficient (Wildman–Crippen LogP) is 4.74. The zero-order valence-electron chi connectivity index (χ0n) is 11.7. The van der Waals surface area contributed by atoms with Crippen molar-refractivity contribution in [3.8, 4) is 5.75 Å². The Labute approximate surface area is 137 Å². The van der Waals surface area contributed by atoms with Crippen molar-refractivity contribution in [3.63, 3.8) is 0 Å². The quantitative estimate of drug-likeness (QED) is 0.846. The third kappa shape index (κ3) is 4.48. The average molecular weight is 369 g/mol. The van der Waals surface area contributed by atoms with Crippen LogP contribution in [0.4, 0.5) is 5.69 Å². The van der Waals surface area contributed by atoms with Gasteiger partial charge in [-0.05, 0) is 55.3 Å². The normalized spacial score (nSPS) is 10.3. The van der Waals surface area contributed by atoms with Gasteiger partial charge in [0.15, 0.2) is 6.61 Å². The van der Waals surface area contributed by atoms with Gasteiger partial charge in [-0.15, -0.1) is 0 Å². The minimum Gasteiger partial charge on any atom is -0.482 e. The van der Waals surface area contributed by atoms with E-state index in [9.17, 15) is 4.79 Å². The van der Waals surface area contributed by atoms with E-state index in [2.05, 4.69) is 21.2 Å². The van der Waals surface area contributed by atoms with E-state index in [1.54, 1.807) is 12.1 Å². The van der Waals surface area contributed by atoms with Crippen LogP contribution in [-0.2, 0) is 4.79 Å². The molecular formula is C16H15BrClNO2. The number of hydrogen-bond acceptors (Lipinski definition) is 2. The Morgan fingerprint density at radius 3 is 2.71 bits per heavy atom. The van der Waals surface area contributed by atoms with Crippen molar-refractivity contribution in [2.45, 2.75) is 13.8 Å². The molecule has 1 N–H and O–H groups in total. The van der Waals surface area contributed by atoms with Crippen LogP contribution in [0, 0.1) is 13.8 Å². The highest BCUT2D eigenvalue weighted by atomic mass is 79.9. The fourth-order valence-electron chi connectivity index (χ4n) is 1.82. The third-order valence-corrected chi connectivity index (χ3v) is 3.71. The minimum absolute atomic E-state index is 0.0846. The summed E-state index contributed by atoms with van der Waals surface area (Å²) in [6.07, 6.45) is 0. The molecule has 3 nitrogen and oxygen atoms in total. The number of carbonyl (C=O) groups excluding carboxylic acids is 1. The number of rotatable bonds is 4. The molecule has 2 aromatic carbocycles. The van der Waals surface area contributed by atoms with Gasteiger partial charge in [-0.25, -0.2) is 0 Å². The van der Waals surface area contributed by atoms with Gasteiger partial charge in [0.05, 0.1) is 5.02 Å². The Hall–Kier alpha value is -1.52. The first kappa shape index (κ1) is 15.9. The van der Waals surface area contributed by atoms with Crippen molar-refractivity contribution < 1.29 is 9.53 Å². The SMILES string of the molecule is Cc1ccc(Cl)c(OCC(=O)Nc2ccc(Br)cc2C)c1. The Morgan fingerprint density at radius 1 is 1.24 bits per heavy atom. The summed E-state index contributed by atoms with van der Waals surface area (Å²) in [5.74, 6) is 0.289. The van der Waals surface area contributed by atoms with Gasteiger partial charge in [-0.3, -0.25) is 4.79 Å². The largest absolute Gasteiger partial charge is 0.482 e. The van der Waals surface area contributed by atoms with Gasteiger partial charge in [0.25, 0.3) is 5.91 Å². The summed E-state index contributed by atoms with van der Waals surface area (Å²) >= 11 is 9.41. The number of aryl methyl sites for hydroxylation is 2. The number of anilines is 1. The van der Waals surface area contributed by atoms with E-state index < -0.39 is 0 Å². The number of halogens is 2. The van der Waals surface area contributed by atoms with Gasteiger partial charge in [0, 0.05) is 10.2 Å². The van der Waals surface area contributed by atoms with Crippen LogP contribution in [0.5, 0.6) is 5.75 Å². The standard InChI is InChI=1S/C16H15BrClNO2/c1-10-3-5-13(18)15(7-10)21-9-16(20)19-14-6-4-12(17)8-11(14)2/h3-8H,9H2,1-2H3,(H,19,20). The second kappa shape index (κ2) is 6.96. The maximum atomic E-state index is 11.9. The molecule has 1 amide bonds. The first-order chi connectivity index (χ1) is 9.95. The molecule has 0 aromatic heterocycles. The number of nitrogens with one attached hydrogen (secondary N) is 1. The summed E-state index contributed by atoms with van der Waals surface area (Å²) < 4.78 is 6.43. The van der Waals surface area contributed by atoms with Crippen molar-refractivity contribution >= 4 is 39.1 Å². The van der Waals surface area contributed by atoms with E-state index >= 15 is 0 Å². The predicted molar refractivity (Wildman–Crippen MR) is 89.2 cm³/mol. The van der Waals surface area contributed by atoms with Crippen LogP contribution < -0.4 is 10.1 Å². The molecule has 0 aliphatic heterocycles. The summed E-state index contributed by atoms with van der Waals surface area (Å²) in [5, 5.41) is 3.31. The molecule has 0 heterocycles. The van der Waals surface area contributed by atoms with Gasteiger partial charge in [-0.2, -0.15) is 0 Å². The van der Waals surface area contributed by atoms with E-state index in [0.717, 1.165) is 21.3 Å². The lowest BCUT2D eigenvalue weighted by Gasteiger charge is -2.11. The van der Waals surface area contributed by atoms with E-state index in [-0.39, 0.29) is 12.5 Å². The van der Waals surface area contributed by atoms with Crippen LogP contribution in [0.25, 0.3) is 0 Å². The highest BCUT2D eigenvalue weighted by Gasteiger charge is 2.08. The zero-order chi connectivity index (χ0) is 15.4. The number of carbonyl (C=O) groups is 1. The highest BCUT2D eigenvalue weighted by molar-refractivity contribution is 9.10. The molecule has 21 heavy (non-hydrogen) atoms. The molecule has 0 spiro atoms. The Bertz CT molecular complexity index is 673. The van der Waals surface area contributed by atoms with Gasteiger partial charge < -0.3 is 10.1 Å². The second-order valence-electron chi connectivity index (χ2n) is 4.73. The number of amides is 1. The zero-order valence-corrected chi connectivity index (χ0v) is 14.1. The van der Waals surface area contributed by atoms with Gasteiger partial charge in [0.2, 0.25) is 0 Å². The molecule has 110 valence electrons. The summed E-state index contributed by atoms with van der Waals surface area (Å²) in [7, 11) is 0. The lowest BCUT2D eigenvalue weighted by Crippen LogP contribution is -2.20. The molecule has 0 fully saturated rings. The summed E-state index contributed by atoms with van der Waals surface area (Å²) in [6.45, 7) is 3.78. The number of ether oxygens (including phenoxy) is 1. The molecule has 0 bridgehead atoms. The highest BCUT2D eigenvalue weighted by Crippen LogP contribution is 2.25. The average Bonchev–Trinajstić information content (AvgIpc) is 2.43. The van der Waals surface area contributed by atoms with Crippen LogP contribution in [0.2, 0.25) is 5.02 Å². The first-order valence-corrected chi connectivity index (χ1v) is 7.58. The fourth-order valence-corrected chi connectivity index (χ4v) is 2.47. The lowest BCUT2D eigenvalue weighted by atomic mass is 10.2. The van der Waals surface area contributed by atoms with Crippen molar-refractivity contribution in [1.29, 1.82) is 0 Å². The Morgan fingerprint density at radius 2 is 2.00 bits per heavy atom. The van der Waals surface area contributed by atoms with Crippen molar-refractivity contribution in [2.24, 2.45) is 0 Å². The summed E-state index contributed by atoms with van der Waals surface area (Å²) in [4.78, 5) is 11.9. The van der Waals surface area contributed by atoms with Gasteiger partial charge in [-0.1, -0.05) is 33.6 Å². The molecule has 5 heteroatoms. The Kier molecular flexibility index (Phi) is 5.26. The van der Waals surface area contributed by atoms with Crippen LogP contribution in [0.1, 0.15) is 11.1 Å². The molecule has 0 saturated carbocycles. The van der Waals surface area contributed by atoms with Gasteiger partial charge in [0.1, 0.15) is 5.75 Å². The maximum absolute atomic E-state index is 11.9. The lowest BCUT2D eigenvalue weighted by molar-refractivity contribution is -0.118. The van der Waals surface area contributed by atoms with Crippen LogP contribution >= 0.6 is 27.5 Å². The molecule has 2 rings (SSSR count). The third-order valence-electron chi connectivity index (χ3n) is 2.91. The van der Waals surface area contributed by atoms with Crippen LogP contribution in [-0.4, -0.2) is 12.5 Å². The number of benzene rings is 2. The Balaban J connectivity index is 1.97. The van der Waals surface area contributed by atoms with Crippen molar-refractivity contribution in [1.82, 2.24) is 0 Å². The molecule has 0 saturated heterocycles. The molecule has 0 radical (unpaired) electrons. The molecular weight excluding hydrogens is 354 g/mol. The van der Waals surface area contributed by atoms with E-state index in [1.807, 2.05) is 38.1 Å². The summed E-state index contributed by atoms with van der Waals surface area (Å²) in [5.41, 5.74) is 2.77. The molecule has 2 aromatic rings. The monoisotopic (exact) mass is 367 g/mol. The van der Waals surface area contributed by atoms with Gasteiger partial charge >= 0.3 is 0 Å². The minimum atomic E-state index is -0.224. The molecule has 0 aliphatic rings. The fraction of sp³-hybridized carbons (Fsp3) is 0.188. The molecule has 0 atom stereocenters. The van der Waals surface area contributed by atoms with E-state index in [0.29, 0.717) is 10.8 Å². The maximum Gasteiger partial charge on any atom is 0.262 e. The molecule has 0 unspecified atom stereocenters. The van der Waals surface area contributed by atoms with Crippen LogP contribution in [0.15, 0.2) is 40.9 Å². The van der Waals surface area contributed by atoms with Crippen LogP contribution in [0.3, 0.4) is 0 Å². The van der Waals surface area contributed by atoms with Crippen molar-refractivity contribution in [2.75, 3.05) is 11.9 Å². The van der Waals surface area contributed by atoms with E-state index in [4.69, 9.17) is 16.3 Å². The smallest absolute Gasteiger partial charge is 0.262 e. The number of hydrogen-bond donors (Lipinski definition) is 1. The first-order valence-electron chi connectivity index (χ1n) is 6.40. The second-order valence-corrected chi connectivity index (χ2v) is 6.05. The van der Waals surface area contributed by atoms with E-state index in [1.165, 1.54) is 0 Å².